The number of hydrogen-bond donors (Lipinski definition) is 2. The molecule has 2 aromatic rings. The predicted octanol–water partition coefficient (Wildman–Crippen LogP) is 4.41. The monoisotopic (exact) mass is 423 g/mol. The molecule has 2 rings (SSSR count). The lowest BCUT2D eigenvalue weighted by Gasteiger charge is -2.37. The third kappa shape index (κ3) is 4.45. The van der Waals surface area contributed by atoms with Gasteiger partial charge >= 0.3 is 12.1 Å². The number of aliphatic carboxylic acids is 1. The number of aliphatic hydroxyl groups is 1. The number of aromatic nitrogens is 1. The summed E-state index contributed by atoms with van der Waals surface area (Å²) in [7, 11) is 0. The number of rotatable bonds is 6. The maximum Gasteiger partial charge on any atom is 0.422 e. The molecule has 0 saturated heterocycles. The molecule has 2 N–H and O–H groups in total. The van der Waals surface area contributed by atoms with Crippen molar-refractivity contribution in [2.45, 2.75) is 24.6 Å². The lowest BCUT2D eigenvalue weighted by atomic mass is 9.78. The standard InChI is InChI=1S/C17H14Cl2F3NO4/c1-9(12-3-2-11(18)7-13(12)19)16(26,17(20,21)22)10-4-5-23-14(6-10)27-8-15(24)25/h2-7,9,26H,8H2,1H3,(H,24,25). The second-order valence-corrected chi connectivity index (χ2v) is 6.56. The van der Waals surface area contributed by atoms with Gasteiger partial charge in [0.05, 0.1) is 0 Å². The number of ether oxygens (including phenoxy) is 1. The zero-order valence-corrected chi connectivity index (χ0v) is 15.3. The average molecular weight is 424 g/mol. The molecule has 0 spiro atoms. The Morgan fingerprint density at radius 2 is 1.93 bits per heavy atom. The zero-order valence-electron chi connectivity index (χ0n) is 13.8. The summed E-state index contributed by atoms with van der Waals surface area (Å²) in [6, 6.07) is 5.76. The van der Waals surface area contributed by atoms with Gasteiger partial charge in [0.2, 0.25) is 5.88 Å². The topological polar surface area (TPSA) is 79.7 Å². The lowest BCUT2D eigenvalue weighted by Crippen LogP contribution is -2.46. The normalized spacial score (nSPS) is 15.1. The highest BCUT2D eigenvalue weighted by Gasteiger charge is 2.59. The molecule has 10 heteroatoms. The second kappa shape index (κ2) is 7.92. The summed E-state index contributed by atoms with van der Waals surface area (Å²) in [5.41, 5.74) is -3.87. The molecule has 1 heterocycles. The van der Waals surface area contributed by atoms with Crippen LogP contribution in [-0.2, 0) is 10.4 Å². The molecule has 0 fully saturated rings. The molecule has 146 valence electrons. The summed E-state index contributed by atoms with van der Waals surface area (Å²) in [6.45, 7) is 0.375. The molecule has 0 saturated carbocycles. The molecule has 2 atom stereocenters. The van der Waals surface area contributed by atoms with Crippen LogP contribution in [0, 0.1) is 0 Å². The fourth-order valence-corrected chi connectivity index (χ4v) is 3.17. The fourth-order valence-electron chi connectivity index (χ4n) is 2.60. The lowest BCUT2D eigenvalue weighted by molar-refractivity contribution is -0.274. The van der Waals surface area contributed by atoms with Crippen LogP contribution >= 0.6 is 23.2 Å². The van der Waals surface area contributed by atoms with Gasteiger partial charge in [0.15, 0.2) is 12.2 Å². The van der Waals surface area contributed by atoms with Gasteiger partial charge in [-0.25, -0.2) is 9.78 Å². The molecule has 1 aromatic carbocycles. The summed E-state index contributed by atoms with van der Waals surface area (Å²) in [5.74, 6) is -3.21. The molecule has 2 unspecified atom stereocenters. The molecular formula is C17H14Cl2F3NO4. The molecular weight excluding hydrogens is 410 g/mol. The Hall–Kier alpha value is -2.03. The van der Waals surface area contributed by atoms with Crippen molar-refractivity contribution in [2.75, 3.05) is 6.61 Å². The molecule has 1 aromatic heterocycles. The predicted molar refractivity (Wildman–Crippen MR) is 92.2 cm³/mol. The van der Waals surface area contributed by atoms with Crippen LogP contribution in [0.15, 0.2) is 36.5 Å². The zero-order chi connectivity index (χ0) is 20.4. The van der Waals surface area contributed by atoms with E-state index in [9.17, 15) is 23.1 Å². The van der Waals surface area contributed by atoms with Crippen molar-refractivity contribution in [1.82, 2.24) is 4.98 Å². The molecule has 0 amide bonds. The number of halogens is 5. The number of carbonyl (C=O) groups is 1. The Bertz CT molecular complexity index is 847. The molecule has 0 aliphatic rings. The van der Waals surface area contributed by atoms with Crippen LogP contribution in [0.1, 0.15) is 24.0 Å². The first kappa shape index (κ1) is 21.3. The smallest absolute Gasteiger partial charge is 0.422 e. The van der Waals surface area contributed by atoms with Crippen LogP contribution in [0.2, 0.25) is 10.0 Å². The number of hydrogen-bond acceptors (Lipinski definition) is 4. The third-order valence-electron chi connectivity index (χ3n) is 4.01. The van der Waals surface area contributed by atoms with Crippen molar-refractivity contribution < 1.29 is 32.9 Å². The van der Waals surface area contributed by atoms with Crippen molar-refractivity contribution in [3.05, 3.63) is 57.7 Å². The number of nitrogens with zero attached hydrogens (tertiary/aromatic N) is 1. The van der Waals surface area contributed by atoms with E-state index in [0.29, 0.717) is 0 Å². The van der Waals surface area contributed by atoms with E-state index in [1.54, 1.807) is 0 Å². The number of carboxylic acid groups (broad SMARTS) is 1. The molecule has 27 heavy (non-hydrogen) atoms. The van der Waals surface area contributed by atoms with Gasteiger partial charge in [-0.15, -0.1) is 0 Å². The number of pyridine rings is 1. The van der Waals surface area contributed by atoms with Crippen LogP contribution in [0.4, 0.5) is 13.2 Å². The highest BCUT2D eigenvalue weighted by molar-refractivity contribution is 6.35. The van der Waals surface area contributed by atoms with Crippen LogP contribution < -0.4 is 4.74 Å². The van der Waals surface area contributed by atoms with E-state index in [-0.39, 0.29) is 21.5 Å². The van der Waals surface area contributed by atoms with Gasteiger partial charge in [0.25, 0.3) is 0 Å². The first-order valence-electron chi connectivity index (χ1n) is 7.52. The van der Waals surface area contributed by atoms with Gasteiger partial charge in [0.1, 0.15) is 0 Å². The number of carboxylic acids is 1. The Morgan fingerprint density at radius 3 is 2.48 bits per heavy atom. The van der Waals surface area contributed by atoms with Gasteiger partial charge < -0.3 is 14.9 Å². The van der Waals surface area contributed by atoms with Crippen molar-refractivity contribution in [3.8, 4) is 5.88 Å². The van der Waals surface area contributed by atoms with Gasteiger partial charge in [0, 0.05) is 33.8 Å². The first-order valence-corrected chi connectivity index (χ1v) is 8.27. The maximum atomic E-state index is 13.9. The Morgan fingerprint density at radius 1 is 1.26 bits per heavy atom. The minimum atomic E-state index is -5.08. The Balaban J connectivity index is 2.54. The van der Waals surface area contributed by atoms with Crippen LogP contribution in [0.3, 0.4) is 0 Å². The van der Waals surface area contributed by atoms with E-state index in [1.165, 1.54) is 25.1 Å². The van der Waals surface area contributed by atoms with Gasteiger partial charge in [-0.2, -0.15) is 13.2 Å². The molecule has 0 aliphatic carbocycles. The van der Waals surface area contributed by atoms with Gasteiger partial charge in [-0.1, -0.05) is 36.2 Å². The molecule has 0 aliphatic heterocycles. The van der Waals surface area contributed by atoms with E-state index >= 15 is 0 Å². The minimum Gasteiger partial charge on any atom is -0.479 e. The third-order valence-corrected chi connectivity index (χ3v) is 4.57. The van der Waals surface area contributed by atoms with E-state index in [0.717, 1.165) is 18.3 Å². The molecule has 0 radical (unpaired) electrons. The Labute approximate surface area is 162 Å². The van der Waals surface area contributed by atoms with Crippen molar-refractivity contribution in [2.24, 2.45) is 0 Å². The Kier molecular flexibility index (Phi) is 6.24. The summed E-state index contributed by atoms with van der Waals surface area (Å²) < 4.78 is 46.5. The summed E-state index contributed by atoms with van der Waals surface area (Å²) in [4.78, 5) is 14.2. The van der Waals surface area contributed by atoms with Gasteiger partial charge in [-0.05, 0) is 23.8 Å². The highest BCUT2D eigenvalue weighted by atomic mass is 35.5. The number of benzene rings is 1. The maximum absolute atomic E-state index is 13.9. The van der Waals surface area contributed by atoms with Crippen LogP contribution in [0.25, 0.3) is 0 Å². The first-order chi connectivity index (χ1) is 12.5. The largest absolute Gasteiger partial charge is 0.479 e. The highest BCUT2D eigenvalue weighted by Crippen LogP contribution is 2.50. The van der Waals surface area contributed by atoms with E-state index < -0.39 is 35.8 Å². The average Bonchev–Trinajstić information content (AvgIpc) is 2.58. The molecule has 5 nitrogen and oxygen atoms in total. The number of alkyl halides is 3. The minimum absolute atomic E-state index is 0.0331. The SMILES string of the molecule is CC(c1ccc(Cl)cc1Cl)C(O)(c1ccnc(OCC(=O)O)c1)C(F)(F)F. The van der Waals surface area contributed by atoms with Crippen molar-refractivity contribution in [1.29, 1.82) is 0 Å². The summed E-state index contributed by atoms with van der Waals surface area (Å²) >= 11 is 11.8. The fraction of sp³-hybridized carbons (Fsp3) is 0.294. The van der Waals surface area contributed by atoms with Crippen molar-refractivity contribution in [3.63, 3.8) is 0 Å². The van der Waals surface area contributed by atoms with Gasteiger partial charge in [-0.3, -0.25) is 0 Å². The van der Waals surface area contributed by atoms with Crippen molar-refractivity contribution >= 4 is 29.2 Å². The van der Waals surface area contributed by atoms with E-state index in [1.807, 2.05) is 0 Å². The summed E-state index contributed by atoms with van der Waals surface area (Å²) in [5, 5.41) is 19.5. The van der Waals surface area contributed by atoms with E-state index in [4.69, 9.17) is 33.0 Å². The molecule has 0 bridgehead atoms. The quantitative estimate of drug-likeness (QED) is 0.719. The second-order valence-electron chi connectivity index (χ2n) is 5.72. The van der Waals surface area contributed by atoms with Crippen LogP contribution in [-0.4, -0.2) is 33.9 Å². The van der Waals surface area contributed by atoms with E-state index in [2.05, 4.69) is 4.98 Å². The summed E-state index contributed by atoms with van der Waals surface area (Å²) in [6.07, 6.45) is -4.10. The van der Waals surface area contributed by atoms with Crippen LogP contribution in [0.5, 0.6) is 5.88 Å².